The molecule has 2 N–H and O–H groups in total. The van der Waals surface area contributed by atoms with E-state index >= 15 is 0 Å². The van der Waals surface area contributed by atoms with Gasteiger partial charge in [0.15, 0.2) is 11.6 Å². The fourth-order valence-corrected chi connectivity index (χ4v) is 2.73. The van der Waals surface area contributed by atoms with Crippen LogP contribution in [-0.2, 0) is 11.2 Å². The number of carbonyl (C=O) groups is 1. The van der Waals surface area contributed by atoms with Gasteiger partial charge in [-0.1, -0.05) is 6.07 Å². The first-order chi connectivity index (χ1) is 10.7. The maximum atomic E-state index is 13.2. The molecule has 2 atom stereocenters. The summed E-state index contributed by atoms with van der Waals surface area (Å²) in [6, 6.07) is 3.61. The molecule has 23 heavy (non-hydrogen) atoms. The first-order valence-electron chi connectivity index (χ1n) is 7.83. The van der Waals surface area contributed by atoms with E-state index in [1.54, 1.807) is 11.0 Å². The molecule has 1 aromatic carbocycles. The number of hydrogen-bond acceptors (Lipinski definition) is 3. The molecule has 2 rings (SSSR count). The van der Waals surface area contributed by atoms with Gasteiger partial charge in [-0.3, -0.25) is 0 Å². The predicted octanol–water partition coefficient (Wildman–Crippen LogP) is 3.09. The molecule has 128 valence electrons. The summed E-state index contributed by atoms with van der Waals surface area (Å²) in [5, 5.41) is 0. The fraction of sp³-hybridized carbons (Fsp3) is 0.588. The summed E-state index contributed by atoms with van der Waals surface area (Å²) in [6.45, 7) is 6.61. The number of amides is 1. The van der Waals surface area contributed by atoms with Crippen LogP contribution in [0.15, 0.2) is 18.2 Å². The molecule has 0 saturated carbocycles. The topological polar surface area (TPSA) is 55.6 Å². The van der Waals surface area contributed by atoms with Gasteiger partial charge in [-0.2, -0.15) is 0 Å². The molecule has 0 aromatic heterocycles. The SMILES string of the molecule is CC(C)(C)OC(=O)N1CCC(C(N)Cc2ccc(F)c(F)c2)C1. The lowest BCUT2D eigenvalue weighted by atomic mass is 9.93. The number of rotatable bonds is 3. The molecule has 0 radical (unpaired) electrons. The van der Waals surface area contributed by atoms with Crippen molar-refractivity contribution in [3.05, 3.63) is 35.4 Å². The summed E-state index contributed by atoms with van der Waals surface area (Å²) >= 11 is 0. The number of hydrogen-bond donors (Lipinski definition) is 1. The van der Waals surface area contributed by atoms with E-state index in [-0.39, 0.29) is 18.1 Å². The molecule has 1 aliphatic heterocycles. The third-order valence-electron chi connectivity index (χ3n) is 3.94. The van der Waals surface area contributed by atoms with Crippen LogP contribution < -0.4 is 5.73 Å². The van der Waals surface area contributed by atoms with Crippen LogP contribution >= 0.6 is 0 Å². The molecule has 1 heterocycles. The Balaban J connectivity index is 1.90. The fourth-order valence-electron chi connectivity index (χ4n) is 2.73. The van der Waals surface area contributed by atoms with Gasteiger partial charge < -0.3 is 15.4 Å². The van der Waals surface area contributed by atoms with Gasteiger partial charge in [-0.15, -0.1) is 0 Å². The Labute approximate surface area is 135 Å². The summed E-state index contributed by atoms with van der Waals surface area (Å²) in [4.78, 5) is 13.7. The van der Waals surface area contributed by atoms with Crippen molar-refractivity contribution in [2.45, 2.75) is 45.3 Å². The molecular weight excluding hydrogens is 302 g/mol. The Bertz CT molecular complexity index is 572. The number of carbonyl (C=O) groups excluding carboxylic acids is 1. The minimum Gasteiger partial charge on any atom is -0.444 e. The quantitative estimate of drug-likeness (QED) is 0.928. The van der Waals surface area contributed by atoms with E-state index in [9.17, 15) is 13.6 Å². The van der Waals surface area contributed by atoms with Crippen LogP contribution in [0.2, 0.25) is 0 Å². The summed E-state index contributed by atoms with van der Waals surface area (Å²) in [5.41, 5.74) is 6.33. The predicted molar refractivity (Wildman–Crippen MR) is 84.0 cm³/mol. The monoisotopic (exact) mass is 326 g/mol. The van der Waals surface area contributed by atoms with Gasteiger partial charge in [0.25, 0.3) is 0 Å². The second kappa shape index (κ2) is 6.83. The molecule has 0 bridgehead atoms. The van der Waals surface area contributed by atoms with E-state index in [2.05, 4.69) is 0 Å². The average Bonchev–Trinajstić information content (AvgIpc) is 2.91. The molecule has 1 aliphatic rings. The Kier molecular flexibility index (Phi) is 5.24. The van der Waals surface area contributed by atoms with E-state index in [4.69, 9.17) is 10.5 Å². The van der Waals surface area contributed by atoms with Gasteiger partial charge in [-0.05, 0) is 57.2 Å². The summed E-state index contributed by atoms with van der Waals surface area (Å²) < 4.78 is 31.5. The zero-order valence-corrected chi connectivity index (χ0v) is 13.8. The van der Waals surface area contributed by atoms with Crippen LogP contribution in [0.5, 0.6) is 0 Å². The van der Waals surface area contributed by atoms with Crippen molar-refractivity contribution < 1.29 is 18.3 Å². The zero-order chi connectivity index (χ0) is 17.2. The Morgan fingerprint density at radius 2 is 2.09 bits per heavy atom. The van der Waals surface area contributed by atoms with Gasteiger partial charge in [0.05, 0.1) is 0 Å². The molecule has 2 unspecified atom stereocenters. The van der Waals surface area contributed by atoms with Gasteiger partial charge in [0, 0.05) is 19.1 Å². The van der Waals surface area contributed by atoms with Gasteiger partial charge in [-0.25, -0.2) is 13.6 Å². The number of nitrogens with zero attached hydrogens (tertiary/aromatic N) is 1. The highest BCUT2D eigenvalue weighted by atomic mass is 19.2. The van der Waals surface area contributed by atoms with Crippen LogP contribution in [0, 0.1) is 17.6 Å². The Hall–Kier alpha value is -1.69. The normalized spacial score (nSPS) is 19.7. The number of halogens is 2. The lowest BCUT2D eigenvalue weighted by molar-refractivity contribution is 0.0286. The van der Waals surface area contributed by atoms with E-state index in [1.165, 1.54) is 6.07 Å². The summed E-state index contributed by atoms with van der Waals surface area (Å²) in [5.74, 6) is -1.61. The lowest BCUT2D eigenvalue weighted by Crippen LogP contribution is -2.38. The molecule has 1 amide bonds. The van der Waals surface area contributed by atoms with Crippen molar-refractivity contribution in [3.63, 3.8) is 0 Å². The van der Waals surface area contributed by atoms with E-state index in [0.717, 1.165) is 12.5 Å². The summed E-state index contributed by atoms with van der Waals surface area (Å²) in [6.07, 6.45) is 0.897. The largest absolute Gasteiger partial charge is 0.444 e. The van der Waals surface area contributed by atoms with Gasteiger partial charge >= 0.3 is 6.09 Å². The second-order valence-corrected chi connectivity index (χ2v) is 7.09. The number of nitrogens with two attached hydrogens (primary N) is 1. The van der Waals surface area contributed by atoms with Gasteiger partial charge in [0.1, 0.15) is 5.60 Å². The van der Waals surface area contributed by atoms with Gasteiger partial charge in [0.2, 0.25) is 0 Å². The van der Waals surface area contributed by atoms with Crippen molar-refractivity contribution >= 4 is 6.09 Å². The standard InChI is InChI=1S/C17H24F2N2O2/c1-17(2,3)23-16(22)21-7-6-12(10-21)15(20)9-11-4-5-13(18)14(19)8-11/h4-5,8,12,15H,6-7,9-10,20H2,1-3H3. The highest BCUT2D eigenvalue weighted by Crippen LogP contribution is 2.23. The molecule has 6 heteroatoms. The van der Waals surface area contributed by atoms with Crippen LogP contribution in [0.1, 0.15) is 32.8 Å². The van der Waals surface area contributed by atoms with Crippen LogP contribution in [0.3, 0.4) is 0 Å². The van der Waals surface area contributed by atoms with E-state index in [1.807, 2.05) is 20.8 Å². The van der Waals surface area contributed by atoms with Crippen LogP contribution in [0.25, 0.3) is 0 Å². The minimum absolute atomic E-state index is 0.121. The smallest absolute Gasteiger partial charge is 0.410 e. The van der Waals surface area contributed by atoms with Crippen molar-refractivity contribution in [2.24, 2.45) is 11.7 Å². The first kappa shape index (κ1) is 17.7. The Morgan fingerprint density at radius 3 is 2.70 bits per heavy atom. The average molecular weight is 326 g/mol. The first-order valence-corrected chi connectivity index (χ1v) is 7.83. The number of ether oxygens (including phenoxy) is 1. The molecule has 4 nitrogen and oxygen atoms in total. The van der Waals surface area contributed by atoms with Crippen molar-refractivity contribution in [2.75, 3.05) is 13.1 Å². The molecular formula is C17H24F2N2O2. The molecule has 0 aliphatic carbocycles. The van der Waals surface area contributed by atoms with Crippen molar-refractivity contribution in [1.82, 2.24) is 4.90 Å². The van der Waals surface area contributed by atoms with E-state index < -0.39 is 17.2 Å². The second-order valence-electron chi connectivity index (χ2n) is 7.09. The van der Waals surface area contributed by atoms with Crippen molar-refractivity contribution in [1.29, 1.82) is 0 Å². The maximum Gasteiger partial charge on any atom is 0.410 e. The third-order valence-corrected chi connectivity index (χ3v) is 3.94. The third kappa shape index (κ3) is 4.89. The molecule has 1 fully saturated rings. The highest BCUT2D eigenvalue weighted by molar-refractivity contribution is 5.68. The van der Waals surface area contributed by atoms with Crippen molar-refractivity contribution in [3.8, 4) is 0 Å². The zero-order valence-electron chi connectivity index (χ0n) is 13.8. The number of likely N-dealkylation sites (tertiary alicyclic amines) is 1. The van der Waals surface area contributed by atoms with E-state index in [0.29, 0.717) is 25.1 Å². The molecule has 1 saturated heterocycles. The van der Waals surface area contributed by atoms with Crippen LogP contribution in [-0.4, -0.2) is 35.7 Å². The molecule has 1 aromatic rings. The lowest BCUT2D eigenvalue weighted by Gasteiger charge is -2.25. The minimum atomic E-state index is -0.864. The highest BCUT2D eigenvalue weighted by Gasteiger charge is 2.32. The summed E-state index contributed by atoms with van der Waals surface area (Å²) in [7, 11) is 0. The van der Waals surface area contributed by atoms with Crippen LogP contribution in [0.4, 0.5) is 13.6 Å². The molecule has 0 spiro atoms. The Morgan fingerprint density at radius 1 is 1.39 bits per heavy atom. The number of benzene rings is 1. The maximum absolute atomic E-state index is 13.2.